The lowest BCUT2D eigenvalue weighted by Gasteiger charge is -2.06. The van der Waals surface area contributed by atoms with Gasteiger partial charge in [0.15, 0.2) is 0 Å². The molecule has 22 heavy (non-hydrogen) atoms. The van der Waals surface area contributed by atoms with Gasteiger partial charge in [0.05, 0.1) is 17.2 Å². The smallest absolute Gasteiger partial charge is 0.224 e. The fourth-order valence-electron chi connectivity index (χ4n) is 1.87. The van der Waals surface area contributed by atoms with E-state index in [0.29, 0.717) is 24.2 Å². The van der Waals surface area contributed by atoms with E-state index in [-0.39, 0.29) is 18.1 Å². The molecular formula is C16H17BrFNO3. The molecule has 1 N–H and O–H groups in total. The number of carbonyl (C=O) groups is 1. The Bertz CT molecular complexity index is 601. The monoisotopic (exact) mass is 369 g/mol. The van der Waals surface area contributed by atoms with Crippen LogP contribution in [0.2, 0.25) is 0 Å². The maximum absolute atomic E-state index is 13.1. The first-order valence-corrected chi connectivity index (χ1v) is 7.75. The van der Waals surface area contributed by atoms with Crippen molar-refractivity contribution in [3.8, 4) is 0 Å². The minimum Gasteiger partial charge on any atom is -0.467 e. The summed E-state index contributed by atoms with van der Waals surface area (Å²) < 4.78 is 24.0. The molecule has 0 spiro atoms. The maximum atomic E-state index is 13.1. The molecule has 0 aliphatic rings. The zero-order chi connectivity index (χ0) is 15.8. The molecular weight excluding hydrogens is 353 g/mol. The van der Waals surface area contributed by atoms with Crippen LogP contribution < -0.4 is 5.32 Å². The zero-order valence-electron chi connectivity index (χ0n) is 12.0. The molecule has 1 amide bonds. The molecule has 0 radical (unpaired) electrons. The molecule has 0 aliphatic heterocycles. The van der Waals surface area contributed by atoms with Gasteiger partial charge in [0.25, 0.3) is 0 Å². The molecule has 1 heterocycles. The summed E-state index contributed by atoms with van der Waals surface area (Å²) in [7, 11) is 0. The van der Waals surface area contributed by atoms with Crippen LogP contribution in [0.1, 0.15) is 17.7 Å². The van der Waals surface area contributed by atoms with E-state index < -0.39 is 0 Å². The Morgan fingerprint density at radius 2 is 2.23 bits per heavy atom. The van der Waals surface area contributed by atoms with E-state index >= 15 is 0 Å². The average Bonchev–Trinajstić information content (AvgIpc) is 3.00. The van der Waals surface area contributed by atoms with Crippen molar-refractivity contribution in [3.63, 3.8) is 0 Å². The molecule has 0 saturated heterocycles. The Labute approximate surface area is 136 Å². The van der Waals surface area contributed by atoms with Gasteiger partial charge in [-0.05, 0) is 52.2 Å². The lowest BCUT2D eigenvalue weighted by molar-refractivity contribution is -0.120. The predicted molar refractivity (Wildman–Crippen MR) is 83.8 cm³/mol. The van der Waals surface area contributed by atoms with E-state index in [0.717, 1.165) is 17.7 Å². The van der Waals surface area contributed by atoms with Crippen LogP contribution in [0.15, 0.2) is 45.5 Å². The third kappa shape index (κ3) is 5.61. The summed E-state index contributed by atoms with van der Waals surface area (Å²) >= 11 is 3.10. The molecule has 4 nitrogen and oxygen atoms in total. The topological polar surface area (TPSA) is 51.5 Å². The number of amides is 1. The van der Waals surface area contributed by atoms with Crippen molar-refractivity contribution in [2.75, 3.05) is 13.2 Å². The van der Waals surface area contributed by atoms with Crippen molar-refractivity contribution in [2.24, 2.45) is 0 Å². The molecule has 6 heteroatoms. The van der Waals surface area contributed by atoms with Crippen molar-refractivity contribution >= 4 is 21.8 Å². The van der Waals surface area contributed by atoms with Gasteiger partial charge in [-0.25, -0.2) is 4.39 Å². The number of benzene rings is 1. The van der Waals surface area contributed by atoms with E-state index in [1.165, 1.54) is 6.07 Å². The predicted octanol–water partition coefficient (Wildman–Crippen LogP) is 3.45. The van der Waals surface area contributed by atoms with E-state index in [1.807, 2.05) is 12.1 Å². The van der Waals surface area contributed by atoms with E-state index in [1.54, 1.807) is 18.4 Å². The second kappa shape index (κ2) is 8.70. The van der Waals surface area contributed by atoms with E-state index in [4.69, 9.17) is 9.15 Å². The Morgan fingerprint density at radius 1 is 1.36 bits per heavy atom. The summed E-state index contributed by atoms with van der Waals surface area (Å²) in [6.45, 7) is 1.52. The number of ether oxygens (including phenoxy) is 1. The molecule has 0 atom stereocenters. The summed E-state index contributed by atoms with van der Waals surface area (Å²) in [6.07, 6.45) is 2.55. The van der Waals surface area contributed by atoms with Crippen LogP contribution >= 0.6 is 15.9 Å². The summed E-state index contributed by atoms with van der Waals surface area (Å²) in [4.78, 5) is 11.8. The van der Waals surface area contributed by atoms with Crippen LogP contribution in [0.25, 0.3) is 0 Å². The van der Waals surface area contributed by atoms with Gasteiger partial charge >= 0.3 is 0 Å². The summed E-state index contributed by atoms with van der Waals surface area (Å²) in [6, 6.07) is 8.22. The highest BCUT2D eigenvalue weighted by molar-refractivity contribution is 9.10. The van der Waals surface area contributed by atoms with E-state index in [9.17, 15) is 9.18 Å². The molecule has 0 unspecified atom stereocenters. The van der Waals surface area contributed by atoms with Gasteiger partial charge < -0.3 is 14.5 Å². The van der Waals surface area contributed by atoms with E-state index in [2.05, 4.69) is 21.2 Å². The first-order valence-electron chi connectivity index (χ1n) is 6.96. The normalized spacial score (nSPS) is 10.6. The Morgan fingerprint density at radius 3 is 2.95 bits per heavy atom. The van der Waals surface area contributed by atoms with Gasteiger partial charge in [0.2, 0.25) is 5.91 Å². The standard InChI is InChI=1S/C16H17BrFNO3/c17-14-9-12(4-5-15(14)18)10-16(20)19-6-2-7-21-11-13-3-1-8-22-13/h1,3-5,8-9H,2,6-7,10-11H2,(H,19,20). The van der Waals surface area contributed by atoms with Crippen LogP contribution in [0, 0.1) is 5.82 Å². The number of hydrogen-bond donors (Lipinski definition) is 1. The number of carbonyl (C=O) groups excluding carboxylic acids is 1. The van der Waals surface area contributed by atoms with Crippen LogP contribution in [0.3, 0.4) is 0 Å². The van der Waals surface area contributed by atoms with Gasteiger partial charge in [-0.2, -0.15) is 0 Å². The van der Waals surface area contributed by atoms with Crippen LogP contribution in [0.4, 0.5) is 4.39 Å². The molecule has 1 aromatic carbocycles. The minimum atomic E-state index is -0.335. The third-order valence-corrected chi connectivity index (χ3v) is 3.57. The second-order valence-electron chi connectivity index (χ2n) is 4.76. The fraction of sp³-hybridized carbons (Fsp3) is 0.312. The fourth-order valence-corrected chi connectivity index (χ4v) is 2.29. The zero-order valence-corrected chi connectivity index (χ0v) is 13.6. The minimum absolute atomic E-state index is 0.0930. The van der Waals surface area contributed by atoms with Gasteiger partial charge in [0.1, 0.15) is 18.2 Å². The molecule has 0 fully saturated rings. The molecule has 0 bridgehead atoms. The average molecular weight is 370 g/mol. The van der Waals surface area contributed by atoms with Gasteiger partial charge in [-0.15, -0.1) is 0 Å². The van der Waals surface area contributed by atoms with Crippen LogP contribution in [-0.2, 0) is 22.6 Å². The lowest BCUT2D eigenvalue weighted by Crippen LogP contribution is -2.26. The summed E-state index contributed by atoms with van der Waals surface area (Å²) in [5, 5.41) is 2.81. The summed E-state index contributed by atoms with van der Waals surface area (Å²) in [5.74, 6) is 0.355. The highest BCUT2D eigenvalue weighted by Crippen LogP contribution is 2.17. The first kappa shape index (κ1) is 16.7. The van der Waals surface area contributed by atoms with Crippen LogP contribution in [-0.4, -0.2) is 19.1 Å². The number of nitrogens with one attached hydrogen (secondary N) is 1. The van der Waals surface area contributed by atoms with Crippen molar-refractivity contribution in [1.29, 1.82) is 0 Å². The molecule has 2 aromatic rings. The van der Waals surface area contributed by atoms with Crippen molar-refractivity contribution in [3.05, 3.63) is 58.2 Å². The molecule has 1 aromatic heterocycles. The molecule has 0 saturated carbocycles. The largest absolute Gasteiger partial charge is 0.467 e. The third-order valence-electron chi connectivity index (χ3n) is 2.96. The second-order valence-corrected chi connectivity index (χ2v) is 5.62. The number of halogens is 2. The first-order chi connectivity index (χ1) is 10.6. The van der Waals surface area contributed by atoms with Gasteiger partial charge in [0, 0.05) is 13.2 Å². The maximum Gasteiger partial charge on any atom is 0.224 e. The Balaban J connectivity index is 1.58. The van der Waals surface area contributed by atoms with Crippen molar-refractivity contribution in [2.45, 2.75) is 19.4 Å². The highest BCUT2D eigenvalue weighted by Gasteiger charge is 2.05. The Hall–Kier alpha value is -1.66. The lowest BCUT2D eigenvalue weighted by atomic mass is 10.1. The number of rotatable bonds is 8. The number of furan rings is 1. The summed E-state index contributed by atoms with van der Waals surface area (Å²) in [5.41, 5.74) is 0.764. The van der Waals surface area contributed by atoms with Crippen molar-refractivity contribution in [1.82, 2.24) is 5.32 Å². The molecule has 2 rings (SSSR count). The Kier molecular flexibility index (Phi) is 6.61. The molecule has 0 aliphatic carbocycles. The highest BCUT2D eigenvalue weighted by atomic mass is 79.9. The number of hydrogen-bond acceptors (Lipinski definition) is 3. The molecule has 118 valence electrons. The SMILES string of the molecule is O=C(Cc1ccc(F)c(Br)c1)NCCCOCc1ccco1. The quantitative estimate of drug-likeness (QED) is 0.725. The van der Waals surface area contributed by atoms with Gasteiger partial charge in [-0.1, -0.05) is 6.07 Å². The van der Waals surface area contributed by atoms with Gasteiger partial charge in [-0.3, -0.25) is 4.79 Å². The van der Waals surface area contributed by atoms with Crippen LogP contribution in [0.5, 0.6) is 0 Å². The van der Waals surface area contributed by atoms with Crippen molar-refractivity contribution < 1.29 is 18.3 Å².